The Balaban J connectivity index is 2.88. The first-order valence-electron chi connectivity index (χ1n) is 4.91. The van der Waals surface area contributed by atoms with Gasteiger partial charge in [0.05, 0.1) is 19.1 Å². The van der Waals surface area contributed by atoms with Crippen molar-refractivity contribution in [2.75, 3.05) is 6.61 Å². The third-order valence-electron chi connectivity index (χ3n) is 1.86. The monoisotopic (exact) mass is 213 g/mol. The average molecular weight is 213 g/mol. The lowest BCUT2D eigenvalue weighted by molar-refractivity contribution is -0.136. The van der Waals surface area contributed by atoms with Crippen LogP contribution in [-0.4, -0.2) is 12.6 Å². The van der Waals surface area contributed by atoms with Crippen LogP contribution in [0.2, 0.25) is 0 Å². The molecule has 3 nitrogen and oxygen atoms in total. The Kier molecular flexibility index (Phi) is 4.63. The van der Waals surface area contributed by atoms with E-state index in [0.717, 1.165) is 5.56 Å². The number of nitrogens with zero attached hydrogens (tertiary/aromatic N) is 1. The number of carbonyl (C=O) groups excluding carboxylic acids is 1. The van der Waals surface area contributed by atoms with Gasteiger partial charge in [0.25, 0.3) is 0 Å². The number of ether oxygens (including phenoxy) is 1. The topological polar surface area (TPSA) is 50.1 Å². The zero-order chi connectivity index (χ0) is 11.8. The molecule has 0 saturated heterocycles. The van der Waals surface area contributed by atoms with Gasteiger partial charge in [-0.15, -0.1) is 0 Å². The number of hydrogen-bond donors (Lipinski definition) is 0. The molecule has 1 aromatic carbocycles. The molecule has 0 atom stereocenters. The van der Waals surface area contributed by atoms with E-state index in [2.05, 4.69) is 22.6 Å². The van der Waals surface area contributed by atoms with Crippen LogP contribution in [0.1, 0.15) is 18.1 Å². The van der Waals surface area contributed by atoms with E-state index in [9.17, 15) is 4.79 Å². The normalized spacial score (nSPS) is 8.50. The minimum Gasteiger partial charge on any atom is -0.456 e. The maximum absolute atomic E-state index is 11.0. The van der Waals surface area contributed by atoms with Crippen LogP contribution in [0.15, 0.2) is 24.3 Å². The molecule has 0 aliphatic rings. The van der Waals surface area contributed by atoms with E-state index in [4.69, 9.17) is 5.26 Å². The lowest BCUT2D eigenvalue weighted by Gasteiger charge is -1.97. The fourth-order valence-electron chi connectivity index (χ4n) is 1.17. The Morgan fingerprint density at radius 1 is 1.44 bits per heavy atom. The predicted octanol–water partition coefficient (Wildman–Crippen LogP) is 1.67. The molecule has 1 aromatic rings. The maximum Gasteiger partial charge on any atom is 0.384 e. The molecule has 16 heavy (non-hydrogen) atoms. The first-order valence-corrected chi connectivity index (χ1v) is 4.91. The van der Waals surface area contributed by atoms with Gasteiger partial charge in [0, 0.05) is 11.5 Å². The van der Waals surface area contributed by atoms with E-state index >= 15 is 0 Å². The van der Waals surface area contributed by atoms with Crippen LogP contribution in [0.4, 0.5) is 0 Å². The summed E-state index contributed by atoms with van der Waals surface area (Å²) in [5.41, 5.74) is 1.51. The Bertz CT molecular complexity index is 475. The molecule has 0 spiro atoms. The summed E-state index contributed by atoms with van der Waals surface area (Å²) < 4.78 is 4.69. The molecule has 0 fully saturated rings. The van der Waals surface area contributed by atoms with Gasteiger partial charge in [-0.1, -0.05) is 24.1 Å². The smallest absolute Gasteiger partial charge is 0.384 e. The van der Waals surface area contributed by atoms with Crippen LogP contribution in [0, 0.1) is 23.2 Å². The summed E-state index contributed by atoms with van der Waals surface area (Å²) in [6, 6.07) is 9.30. The van der Waals surface area contributed by atoms with Crippen molar-refractivity contribution in [3.63, 3.8) is 0 Å². The zero-order valence-electron chi connectivity index (χ0n) is 8.99. The SMILES string of the molecule is CCOC(=O)C#Cc1ccccc1CC#N. The molecular weight excluding hydrogens is 202 g/mol. The Labute approximate surface area is 94.7 Å². The standard InChI is InChI=1S/C13H11NO2/c1-2-16-13(15)8-7-11-5-3-4-6-12(11)9-10-14/h3-6H,2,9H2,1H3. The second-order valence-electron chi connectivity index (χ2n) is 2.96. The fraction of sp³-hybridized carbons (Fsp3) is 0.231. The summed E-state index contributed by atoms with van der Waals surface area (Å²) in [6.07, 6.45) is 0.285. The number of carbonyl (C=O) groups is 1. The molecule has 0 radical (unpaired) electrons. The highest BCUT2D eigenvalue weighted by molar-refractivity contribution is 5.89. The molecule has 0 aliphatic carbocycles. The Morgan fingerprint density at radius 3 is 2.88 bits per heavy atom. The van der Waals surface area contributed by atoms with Gasteiger partial charge >= 0.3 is 5.97 Å². The highest BCUT2D eigenvalue weighted by Crippen LogP contribution is 2.07. The van der Waals surface area contributed by atoms with Gasteiger partial charge in [-0.25, -0.2) is 4.79 Å². The summed E-state index contributed by atoms with van der Waals surface area (Å²) in [5, 5.41) is 8.62. The van der Waals surface area contributed by atoms with E-state index in [1.165, 1.54) is 0 Å². The van der Waals surface area contributed by atoms with E-state index in [1.807, 2.05) is 18.2 Å². The minimum atomic E-state index is -0.547. The quantitative estimate of drug-likeness (QED) is 0.554. The highest BCUT2D eigenvalue weighted by atomic mass is 16.5. The lowest BCUT2D eigenvalue weighted by Crippen LogP contribution is -1.99. The van der Waals surface area contributed by atoms with E-state index < -0.39 is 5.97 Å². The third kappa shape index (κ3) is 3.48. The molecule has 0 unspecified atom stereocenters. The molecule has 0 heterocycles. The summed E-state index contributed by atoms with van der Waals surface area (Å²) in [5.74, 6) is 4.54. The van der Waals surface area contributed by atoms with Crippen molar-refractivity contribution in [2.45, 2.75) is 13.3 Å². The first-order chi connectivity index (χ1) is 7.77. The van der Waals surface area contributed by atoms with E-state index in [0.29, 0.717) is 12.2 Å². The highest BCUT2D eigenvalue weighted by Gasteiger charge is 1.98. The summed E-state index contributed by atoms with van der Waals surface area (Å²) in [6.45, 7) is 2.04. The Hall–Kier alpha value is -2.26. The number of nitriles is 1. The summed E-state index contributed by atoms with van der Waals surface area (Å²) in [4.78, 5) is 11.0. The van der Waals surface area contributed by atoms with Crippen LogP contribution < -0.4 is 0 Å². The van der Waals surface area contributed by atoms with Gasteiger partial charge in [0.2, 0.25) is 0 Å². The van der Waals surface area contributed by atoms with Gasteiger partial charge in [-0.05, 0) is 18.6 Å². The first kappa shape index (κ1) is 11.8. The van der Waals surface area contributed by atoms with Crippen LogP contribution >= 0.6 is 0 Å². The van der Waals surface area contributed by atoms with Gasteiger partial charge in [-0.3, -0.25) is 0 Å². The van der Waals surface area contributed by atoms with Crippen LogP contribution in [0.5, 0.6) is 0 Å². The number of benzene rings is 1. The number of hydrogen-bond acceptors (Lipinski definition) is 3. The second-order valence-corrected chi connectivity index (χ2v) is 2.96. The average Bonchev–Trinajstić information content (AvgIpc) is 2.29. The largest absolute Gasteiger partial charge is 0.456 e. The molecule has 0 aliphatic heterocycles. The summed E-state index contributed by atoms with van der Waals surface area (Å²) in [7, 11) is 0. The molecule has 0 amide bonds. The fourth-order valence-corrected chi connectivity index (χ4v) is 1.17. The summed E-state index contributed by atoms with van der Waals surface area (Å²) >= 11 is 0. The molecule has 0 N–H and O–H groups in total. The lowest BCUT2D eigenvalue weighted by atomic mass is 10.1. The molecule has 1 rings (SSSR count). The van der Waals surface area contributed by atoms with Gasteiger partial charge in [0.1, 0.15) is 0 Å². The molecular formula is C13H11NO2. The van der Waals surface area contributed by atoms with Crippen molar-refractivity contribution in [3.8, 4) is 17.9 Å². The van der Waals surface area contributed by atoms with Gasteiger partial charge < -0.3 is 4.74 Å². The van der Waals surface area contributed by atoms with E-state index in [1.54, 1.807) is 13.0 Å². The van der Waals surface area contributed by atoms with Crippen molar-refractivity contribution in [1.82, 2.24) is 0 Å². The predicted molar refractivity (Wildman–Crippen MR) is 59.3 cm³/mol. The van der Waals surface area contributed by atoms with E-state index in [-0.39, 0.29) is 6.42 Å². The van der Waals surface area contributed by atoms with Crippen molar-refractivity contribution in [2.24, 2.45) is 0 Å². The van der Waals surface area contributed by atoms with Crippen LogP contribution in [0.25, 0.3) is 0 Å². The zero-order valence-corrected chi connectivity index (χ0v) is 8.99. The molecule has 0 bridgehead atoms. The van der Waals surface area contributed by atoms with Crippen LogP contribution in [-0.2, 0) is 16.0 Å². The van der Waals surface area contributed by atoms with Crippen molar-refractivity contribution >= 4 is 5.97 Å². The van der Waals surface area contributed by atoms with Gasteiger partial charge in [-0.2, -0.15) is 5.26 Å². The van der Waals surface area contributed by atoms with Gasteiger partial charge in [0.15, 0.2) is 0 Å². The van der Waals surface area contributed by atoms with Crippen molar-refractivity contribution in [3.05, 3.63) is 35.4 Å². The molecule has 80 valence electrons. The van der Waals surface area contributed by atoms with Crippen molar-refractivity contribution in [1.29, 1.82) is 5.26 Å². The second kappa shape index (κ2) is 6.27. The number of rotatable bonds is 2. The molecule has 0 aromatic heterocycles. The van der Waals surface area contributed by atoms with Crippen LogP contribution in [0.3, 0.4) is 0 Å². The third-order valence-corrected chi connectivity index (χ3v) is 1.86. The maximum atomic E-state index is 11.0. The Morgan fingerprint density at radius 2 is 2.19 bits per heavy atom. The number of esters is 1. The van der Waals surface area contributed by atoms with Crippen molar-refractivity contribution < 1.29 is 9.53 Å². The molecule has 3 heteroatoms. The minimum absolute atomic E-state index is 0.285. The molecule has 0 saturated carbocycles.